The summed E-state index contributed by atoms with van der Waals surface area (Å²) < 4.78 is 0. The van der Waals surface area contributed by atoms with Crippen LogP contribution in [0.2, 0.25) is 0 Å². The van der Waals surface area contributed by atoms with Gasteiger partial charge in [-0.15, -0.1) is 0 Å². The molecule has 0 aliphatic carbocycles. The van der Waals surface area contributed by atoms with Crippen LogP contribution in [0.5, 0.6) is 0 Å². The number of nitrogens with one attached hydrogen (secondary N) is 1. The molecule has 1 amide bonds. The number of amides is 1. The number of benzene rings is 1. The topological polar surface area (TPSA) is 80.9 Å². The fourth-order valence-electron chi connectivity index (χ4n) is 1.77. The fraction of sp³-hybridized carbons (Fsp3) is 0.214. The molecule has 1 aromatic carbocycles. The Labute approximate surface area is 111 Å². The number of hydrogen-bond donors (Lipinski definition) is 2. The Morgan fingerprint density at radius 3 is 2.58 bits per heavy atom. The number of hydrogen-bond acceptors (Lipinski definition) is 4. The minimum absolute atomic E-state index is 0.231. The Bertz CT molecular complexity index is 637. The first-order valence-corrected chi connectivity index (χ1v) is 5.96. The van der Waals surface area contributed by atoms with Crippen molar-refractivity contribution in [3.63, 3.8) is 0 Å². The first kappa shape index (κ1) is 13.0. The van der Waals surface area contributed by atoms with E-state index in [1.807, 2.05) is 19.1 Å². The first-order chi connectivity index (χ1) is 8.97. The zero-order valence-electron chi connectivity index (χ0n) is 11.2. The number of nitrogens with two attached hydrogens (primary N) is 1. The van der Waals surface area contributed by atoms with E-state index < -0.39 is 0 Å². The molecule has 0 saturated heterocycles. The second-order valence-corrected chi connectivity index (χ2v) is 4.53. The van der Waals surface area contributed by atoms with Crippen LogP contribution in [0.25, 0.3) is 0 Å². The van der Waals surface area contributed by atoms with Crippen molar-refractivity contribution in [2.75, 3.05) is 11.1 Å². The van der Waals surface area contributed by atoms with E-state index >= 15 is 0 Å². The lowest BCUT2D eigenvalue weighted by molar-refractivity contribution is 0.102. The van der Waals surface area contributed by atoms with Gasteiger partial charge in [-0.3, -0.25) is 4.79 Å². The van der Waals surface area contributed by atoms with E-state index in [0.29, 0.717) is 28.3 Å². The van der Waals surface area contributed by atoms with Crippen molar-refractivity contribution in [3.8, 4) is 0 Å². The molecule has 98 valence electrons. The lowest BCUT2D eigenvalue weighted by atomic mass is 10.1. The standard InChI is InChI=1S/C14H16N4O/c1-8-4-5-13(12(15)6-8)16-14(19)11-7-9(2)17-18-10(11)3/h4-7H,15H2,1-3H3,(H,16,19). The maximum atomic E-state index is 12.2. The lowest BCUT2D eigenvalue weighted by Crippen LogP contribution is -2.16. The van der Waals surface area contributed by atoms with Crippen LogP contribution >= 0.6 is 0 Å². The maximum absolute atomic E-state index is 12.2. The van der Waals surface area contributed by atoms with Gasteiger partial charge >= 0.3 is 0 Å². The maximum Gasteiger partial charge on any atom is 0.257 e. The van der Waals surface area contributed by atoms with Crippen molar-refractivity contribution in [1.82, 2.24) is 10.2 Å². The van der Waals surface area contributed by atoms with Crippen molar-refractivity contribution in [2.24, 2.45) is 0 Å². The smallest absolute Gasteiger partial charge is 0.257 e. The zero-order valence-corrected chi connectivity index (χ0v) is 11.2. The lowest BCUT2D eigenvalue weighted by Gasteiger charge is -2.10. The Morgan fingerprint density at radius 2 is 1.89 bits per heavy atom. The van der Waals surface area contributed by atoms with Crippen molar-refractivity contribution in [2.45, 2.75) is 20.8 Å². The normalized spacial score (nSPS) is 10.3. The van der Waals surface area contributed by atoms with Crippen LogP contribution in [0.4, 0.5) is 11.4 Å². The van der Waals surface area contributed by atoms with Gasteiger partial charge in [0.15, 0.2) is 0 Å². The molecule has 0 aliphatic rings. The van der Waals surface area contributed by atoms with Crippen LogP contribution in [0, 0.1) is 20.8 Å². The van der Waals surface area contributed by atoms with Gasteiger partial charge in [-0.2, -0.15) is 10.2 Å². The van der Waals surface area contributed by atoms with Gasteiger partial charge in [0.25, 0.3) is 5.91 Å². The summed E-state index contributed by atoms with van der Waals surface area (Å²) in [4.78, 5) is 12.2. The van der Waals surface area contributed by atoms with Crippen molar-refractivity contribution < 1.29 is 4.79 Å². The number of nitrogens with zero attached hydrogens (tertiary/aromatic N) is 2. The highest BCUT2D eigenvalue weighted by molar-refractivity contribution is 6.06. The van der Waals surface area contributed by atoms with Crippen LogP contribution in [0.15, 0.2) is 24.3 Å². The van der Waals surface area contributed by atoms with E-state index in [9.17, 15) is 4.79 Å². The third-order valence-electron chi connectivity index (χ3n) is 2.80. The van der Waals surface area contributed by atoms with Gasteiger partial charge in [-0.25, -0.2) is 0 Å². The number of aromatic nitrogens is 2. The van der Waals surface area contributed by atoms with Gasteiger partial charge in [-0.05, 0) is 44.5 Å². The summed E-state index contributed by atoms with van der Waals surface area (Å²) in [7, 11) is 0. The van der Waals surface area contributed by atoms with Gasteiger partial charge in [-0.1, -0.05) is 6.07 Å². The van der Waals surface area contributed by atoms with Gasteiger partial charge < -0.3 is 11.1 Å². The number of nitrogen functional groups attached to an aromatic ring is 1. The highest BCUT2D eigenvalue weighted by Gasteiger charge is 2.12. The molecule has 5 nitrogen and oxygen atoms in total. The molecule has 0 fully saturated rings. The molecule has 2 rings (SSSR count). The molecule has 0 aliphatic heterocycles. The summed E-state index contributed by atoms with van der Waals surface area (Å²) in [6, 6.07) is 7.22. The zero-order chi connectivity index (χ0) is 14.0. The summed E-state index contributed by atoms with van der Waals surface area (Å²) in [6.07, 6.45) is 0. The minimum atomic E-state index is -0.231. The van der Waals surface area contributed by atoms with Gasteiger partial charge in [0, 0.05) is 0 Å². The van der Waals surface area contributed by atoms with E-state index in [1.54, 1.807) is 26.0 Å². The SMILES string of the molecule is Cc1ccc(NC(=O)c2cc(C)nnc2C)c(N)c1. The largest absolute Gasteiger partial charge is 0.397 e. The molecule has 0 unspecified atom stereocenters. The number of aryl methyl sites for hydroxylation is 3. The molecule has 0 radical (unpaired) electrons. The average molecular weight is 256 g/mol. The number of carbonyl (C=O) groups excluding carboxylic acids is 1. The van der Waals surface area contributed by atoms with E-state index in [1.165, 1.54) is 0 Å². The second-order valence-electron chi connectivity index (χ2n) is 4.53. The molecule has 2 aromatic rings. The molecule has 3 N–H and O–H groups in total. The van der Waals surface area contributed by atoms with Crippen LogP contribution in [-0.4, -0.2) is 16.1 Å². The third-order valence-corrected chi connectivity index (χ3v) is 2.80. The Balaban J connectivity index is 2.28. The van der Waals surface area contributed by atoms with E-state index in [2.05, 4.69) is 15.5 Å². The van der Waals surface area contributed by atoms with Gasteiger partial charge in [0.1, 0.15) is 0 Å². The minimum Gasteiger partial charge on any atom is -0.397 e. The van der Waals surface area contributed by atoms with Crippen molar-refractivity contribution in [1.29, 1.82) is 0 Å². The summed E-state index contributed by atoms with van der Waals surface area (Å²) in [5, 5.41) is 10.6. The number of anilines is 2. The molecule has 0 spiro atoms. The molecule has 19 heavy (non-hydrogen) atoms. The summed E-state index contributed by atoms with van der Waals surface area (Å²) in [6.45, 7) is 5.49. The monoisotopic (exact) mass is 256 g/mol. The highest BCUT2D eigenvalue weighted by Crippen LogP contribution is 2.20. The fourth-order valence-corrected chi connectivity index (χ4v) is 1.77. The van der Waals surface area contributed by atoms with Crippen molar-refractivity contribution >= 4 is 17.3 Å². The predicted octanol–water partition coefficient (Wildman–Crippen LogP) is 2.24. The predicted molar refractivity (Wildman–Crippen MR) is 75.1 cm³/mol. The highest BCUT2D eigenvalue weighted by atomic mass is 16.1. The Morgan fingerprint density at radius 1 is 1.16 bits per heavy atom. The molecule has 5 heteroatoms. The van der Waals surface area contributed by atoms with Crippen LogP contribution in [0.3, 0.4) is 0 Å². The molecular weight excluding hydrogens is 240 g/mol. The number of carbonyl (C=O) groups is 1. The Hall–Kier alpha value is -2.43. The van der Waals surface area contributed by atoms with E-state index in [0.717, 1.165) is 5.56 Å². The Kier molecular flexibility index (Phi) is 3.46. The van der Waals surface area contributed by atoms with Crippen LogP contribution < -0.4 is 11.1 Å². The van der Waals surface area contributed by atoms with Crippen LogP contribution in [-0.2, 0) is 0 Å². The van der Waals surface area contributed by atoms with Gasteiger partial charge in [0.2, 0.25) is 0 Å². The first-order valence-electron chi connectivity index (χ1n) is 5.96. The molecule has 0 saturated carbocycles. The summed E-state index contributed by atoms with van der Waals surface area (Å²) in [5.74, 6) is -0.231. The number of rotatable bonds is 2. The molecule has 1 heterocycles. The van der Waals surface area contributed by atoms with Gasteiger partial charge in [0.05, 0.1) is 28.3 Å². The third kappa shape index (κ3) is 2.88. The summed E-state index contributed by atoms with van der Waals surface area (Å²) in [5.41, 5.74) is 9.87. The van der Waals surface area contributed by atoms with Crippen molar-refractivity contribution in [3.05, 3.63) is 46.8 Å². The summed E-state index contributed by atoms with van der Waals surface area (Å²) >= 11 is 0. The molecular formula is C14H16N4O. The molecule has 1 aromatic heterocycles. The second kappa shape index (κ2) is 5.06. The van der Waals surface area contributed by atoms with E-state index in [-0.39, 0.29) is 5.91 Å². The van der Waals surface area contributed by atoms with E-state index in [4.69, 9.17) is 5.73 Å². The molecule has 0 atom stereocenters. The van der Waals surface area contributed by atoms with Crippen LogP contribution in [0.1, 0.15) is 27.3 Å². The molecule has 0 bridgehead atoms. The quantitative estimate of drug-likeness (QED) is 0.807. The average Bonchev–Trinajstić information content (AvgIpc) is 2.35.